The van der Waals surface area contributed by atoms with Crippen LogP contribution in [0.3, 0.4) is 0 Å². The second-order valence-corrected chi connectivity index (χ2v) is 6.37. The highest BCUT2D eigenvalue weighted by atomic mass is 32.1. The van der Waals surface area contributed by atoms with E-state index in [0.29, 0.717) is 6.54 Å². The van der Waals surface area contributed by atoms with Crippen molar-refractivity contribution in [3.8, 4) is 6.07 Å². The second kappa shape index (κ2) is 6.18. The van der Waals surface area contributed by atoms with Gasteiger partial charge in [0.15, 0.2) is 6.54 Å². The Morgan fingerprint density at radius 2 is 2.32 bits per heavy atom. The maximum atomic E-state index is 12.0. The second-order valence-electron chi connectivity index (χ2n) is 5.34. The number of nitrogens with zero attached hydrogens (tertiary/aromatic N) is 1. The first-order valence-electron chi connectivity index (χ1n) is 6.69. The zero-order valence-corrected chi connectivity index (χ0v) is 12.1. The zero-order valence-electron chi connectivity index (χ0n) is 11.2. The van der Waals surface area contributed by atoms with Crippen molar-refractivity contribution < 1.29 is 9.69 Å². The maximum Gasteiger partial charge on any atom is 0.276 e. The lowest BCUT2D eigenvalue weighted by Crippen LogP contribution is -3.09. The summed E-state index contributed by atoms with van der Waals surface area (Å²) in [6.45, 7) is 1.27. The van der Waals surface area contributed by atoms with Crippen LogP contribution in [0.2, 0.25) is 0 Å². The van der Waals surface area contributed by atoms with Crippen LogP contribution in [0.25, 0.3) is 0 Å². The summed E-state index contributed by atoms with van der Waals surface area (Å²) >= 11 is 1.71. The van der Waals surface area contributed by atoms with E-state index in [1.807, 2.05) is 18.5 Å². The fourth-order valence-electron chi connectivity index (χ4n) is 2.60. The first-order valence-corrected chi connectivity index (χ1v) is 7.57. The molecule has 0 spiro atoms. The molecule has 1 heterocycles. The van der Waals surface area contributed by atoms with Crippen LogP contribution in [0.1, 0.15) is 30.6 Å². The van der Waals surface area contributed by atoms with Crippen LogP contribution in [0.15, 0.2) is 17.5 Å². The molecule has 1 saturated carbocycles. The quantitative estimate of drug-likeness (QED) is 0.833. The summed E-state index contributed by atoms with van der Waals surface area (Å²) in [6, 6.07) is 6.40. The third kappa shape index (κ3) is 3.79. The van der Waals surface area contributed by atoms with Crippen LogP contribution < -0.4 is 10.2 Å². The molecule has 4 nitrogen and oxygen atoms in total. The van der Waals surface area contributed by atoms with Gasteiger partial charge in [0.1, 0.15) is 12.1 Å². The van der Waals surface area contributed by atoms with Crippen molar-refractivity contribution in [1.82, 2.24) is 5.32 Å². The molecule has 19 heavy (non-hydrogen) atoms. The molecular weight excluding hydrogens is 258 g/mol. The number of hydrogen-bond acceptors (Lipinski definition) is 3. The molecule has 1 aromatic rings. The minimum Gasteiger partial charge on any atom is -0.333 e. The molecule has 1 aliphatic carbocycles. The van der Waals surface area contributed by atoms with Crippen LogP contribution in [0.4, 0.5) is 0 Å². The van der Waals surface area contributed by atoms with Crippen LogP contribution in [0, 0.1) is 11.3 Å². The van der Waals surface area contributed by atoms with Crippen molar-refractivity contribution in [3.05, 3.63) is 22.4 Å². The van der Waals surface area contributed by atoms with E-state index in [0.717, 1.165) is 37.1 Å². The Bertz CT molecular complexity index is 458. The summed E-state index contributed by atoms with van der Waals surface area (Å²) < 4.78 is 0. The van der Waals surface area contributed by atoms with Gasteiger partial charge < -0.3 is 10.2 Å². The summed E-state index contributed by atoms with van der Waals surface area (Å²) in [5.41, 5.74) is -0.597. The van der Waals surface area contributed by atoms with Crippen molar-refractivity contribution >= 4 is 17.2 Å². The molecule has 102 valence electrons. The van der Waals surface area contributed by atoms with E-state index in [1.165, 1.54) is 4.88 Å². The van der Waals surface area contributed by atoms with Crippen LogP contribution in [-0.2, 0) is 11.3 Å². The number of rotatable bonds is 5. The van der Waals surface area contributed by atoms with Gasteiger partial charge in [-0.25, -0.2) is 0 Å². The predicted molar refractivity (Wildman–Crippen MR) is 74.7 cm³/mol. The average Bonchev–Trinajstić information content (AvgIpc) is 3.00. The Morgan fingerprint density at radius 3 is 2.89 bits per heavy atom. The fraction of sp³-hybridized carbons (Fsp3) is 0.571. The summed E-state index contributed by atoms with van der Waals surface area (Å²) in [4.78, 5) is 14.4. The molecule has 1 aliphatic rings. The number of carbonyl (C=O) groups excluding carboxylic acids is 1. The molecule has 5 heteroatoms. The molecule has 1 amide bonds. The van der Waals surface area contributed by atoms with Gasteiger partial charge in [0, 0.05) is 0 Å². The van der Waals surface area contributed by atoms with Crippen LogP contribution in [0.5, 0.6) is 0 Å². The summed E-state index contributed by atoms with van der Waals surface area (Å²) in [5.74, 6) is -0.0162. The van der Waals surface area contributed by atoms with Gasteiger partial charge in [-0.2, -0.15) is 5.26 Å². The van der Waals surface area contributed by atoms with E-state index >= 15 is 0 Å². The van der Waals surface area contributed by atoms with E-state index in [2.05, 4.69) is 17.5 Å². The SMILES string of the molecule is C[NH+](CC(=O)NC1(C#N)CCCC1)Cc1cccs1. The summed E-state index contributed by atoms with van der Waals surface area (Å²) in [6.07, 6.45) is 3.65. The van der Waals surface area contributed by atoms with Gasteiger partial charge in [0.25, 0.3) is 5.91 Å². The average molecular weight is 278 g/mol. The Kier molecular flexibility index (Phi) is 4.56. The Hall–Kier alpha value is -1.38. The van der Waals surface area contributed by atoms with Crippen molar-refractivity contribution in [2.24, 2.45) is 0 Å². The molecule has 2 rings (SSSR count). The van der Waals surface area contributed by atoms with E-state index in [9.17, 15) is 10.1 Å². The van der Waals surface area contributed by atoms with Crippen LogP contribution >= 0.6 is 11.3 Å². The Morgan fingerprint density at radius 1 is 1.58 bits per heavy atom. The number of amides is 1. The number of hydrogen-bond donors (Lipinski definition) is 2. The highest BCUT2D eigenvalue weighted by molar-refractivity contribution is 7.09. The van der Waals surface area contributed by atoms with E-state index in [1.54, 1.807) is 11.3 Å². The van der Waals surface area contributed by atoms with E-state index in [-0.39, 0.29) is 5.91 Å². The van der Waals surface area contributed by atoms with Gasteiger partial charge in [0.05, 0.1) is 18.0 Å². The molecular formula is C14H20N3OS+. The number of thiophene rings is 1. The number of nitriles is 1. The Labute approximate surface area is 118 Å². The molecule has 1 atom stereocenters. The van der Waals surface area contributed by atoms with Crippen molar-refractivity contribution in [2.45, 2.75) is 37.8 Å². The predicted octanol–water partition coefficient (Wildman–Crippen LogP) is 0.715. The molecule has 0 bridgehead atoms. The Balaban J connectivity index is 1.82. The lowest BCUT2D eigenvalue weighted by molar-refractivity contribution is -0.885. The number of quaternary nitrogens is 1. The largest absolute Gasteiger partial charge is 0.333 e. The molecule has 0 aliphatic heterocycles. The van der Waals surface area contributed by atoms with Crippen molar-refractivity contribution in [1.29, 1.82) is 5.26 Å². The fourth-order valence-corrected chi connectivity index (χ4v) is 3.42. The molecule has 1 aromatic heterocycles. The first-order chi connectivity index (χ1) is 9.13. The third-order valence-electron chi connectivity index (χ3n) is 3.57. The zero-order chi connectivity index (χ0) is 13.7. The smallest absolute Gasteiger partial charge is 0.276 e. The summed E-state index contributed by atoms with van der Waals surface area (Å²) in [7, 11) is 2.01. The van der Waals surface area contributed by atoms with Crippen molar-refractivity contribution in [3.63, 3.8) is 0 Å². The minimum absolute atomic E-state index is 0.0162. The van der Waals surface area contributed by atoms with Gasteiger partial charge in [-0.05, 0) is 37.1 Å². The molecule has 1 unspecified atom stereocenters. The van der Waals surface area contributed by atoms with Gasteiger partial charge in [-0.15, -0.1) is 11.3 Å². The number of nitrogens with one attached hydrogen (secondary N) is 2. The molecule has 2 N–H and O–H groups in total. The van der Waals surface area contributed by atoms with Gasteiger partial charge >= 0.3 is 0 Å². The minimum atomic E-state index is -0.597. The summed E-state index contributed by atoms with van der Waals surface area (Å²) in [5, 5.41) is 14.2. The van der Waals surface area contributed by atoms with Gasteiger partial charge in [-0.3, -0.25) is 4.79 Å². The molecule has 0 aromatic carbocycles. The topological polar surface area (TPSA) is 57.3 Å². The maximum absolute atomic E-state index is 12.0. The normalized spacial score (nSPS) is 18.7. The molecule has 0 saturated heterocycles. The standard InChI is InChI=1S/C14H19N3OS/c1-17(9-12-5-4-8-19-12)10-13(18)16-14(11-15)6-2-3-7-14/h4-5,8H,2-3,6-7,9-10H2,1H3,(H,16,18)/p+1. The van der Waals surface area contributed by atoms with Crippen molar-refractivity contribution in [2.75, 3.05) is 13.6 Å². The number of likely N-dealkylation sites (N-methyl/N-ethyl adjacent to an activating group) is 1. The lowest BCUT2D eigenvalue weighted by Gasteiger charge is -2.22. The third-order valence-corrected chi connectivity index (χ3v) is 4.44. The molecule has 0 radical (unpaired) electrons. The highest BCUT2D eigenvalue weighted by Crippen LogP contribution is 2.28. The highest BCUT2D eigenvalue weighted by Gasteiger charge is 2.35. The van der Waals surface area contributed by atoms with Crippen LogP contribution in [-0.4, -0.2) is 25.0 Å². The monoisotopic (exact) mass is 278 g/mol. The van der Waals surface area contributed by atoms with Gasteiger partial charge in [0.2, 0.25) is 0 Å². The number of carbonyl (C=O) groups is 1. The van der Waals surface area contributed by atoms with E-state index in [4.69, 9.17) is 0 Å². The lowest BCUT2D eigenvalue weighted by atomic mass is 10.00. The first kappa shape index (κ1) is 14.0. The molecule has 1 fully saturated rings. The van der Waals surface area contributed by atoms with Gasteiger partial charge in [-0.1, -0.05) is 6.07 Å². The van der Waals surface area contributed by atoms with E-state index < -0.39 is 5.54 Å².